The fourth-order valence-corrected chi connectivity index (χ4v) is 1.84. The van der Waals surface area contributed by atoms with Gasteiger partial charge in [0, 0.05) is 4.91 Å². The van der Waals surface area contributed by atoms with Crippen molar-refractivity contribution >= 4 is 23.4 Å². The van der Waals surface area contributed by atoms with Gasteiger partial charge in [0.05, 0.1) is 5.88 Å². The predicted octanol–water partition coefficient (Wildman–Crippen LogP) is 3.15. The molecule has 0 aromatic heterocycles. The van der Waals surface area contributed by atoms with Crippen LogP contribution in [0, 0.1) is 0 Å². The van der Waals surface area contributed by atoms with Gasteiger partial charge in [-0.15, -0.1) is 23.4 Å². The van der Waals surface area contributed by atoms with Crippen molar-refractivity contribution in [1.29, 1.82) is 0 Å². The first-order valence-electron chi connectivity index (χ1n) is 2.91. The molecule has 0 saturated heterocycles. The van der Waals surface area contributed by atoms with Gasteiger partial charge in [-0.25, -0.2) is 0 Å². The second-order valence-corrected chi connectivity index (χ2v) is 3.30. The summed E-state index contributed by atoms with van der Waals surface area (Å²) in [5.41, 5.74) is 1.41. The van der Waals surface area contributed by atoms with E-state index < -0.39 is 0 Å². The highest BCUT2D eigenvalue weighted by Crippen LogP contribution is 2.28. The number of hydrogen-bond acceptors (Lipinski definition) is 1. The number of hydrogen-bond donors (Lipinski definition) is 0. The van der Waals surface area contributed by atoms with E-state index >= 15 is 0 Å². The molecule has 0 saturated carbocycles. The fraction of sp³-hybridized carbons (Fsp3) is 0.429. The van der Waals surface area contributed by atoms with Gasteiger partial charge in [0.15, 0.2) is 0 Å². The standard InChI is InChI=1S/C7H9ClS/c1-6-3-2-4-9-7(6)5-8/h2,4H,3,5H2,1H3. The SMILES string of the molecule is CC1=C(CCl)SC=CC1. The summed E-state index contributed by atoms with van der Waals surface area (Å²) in [5, 5.41) is 2.10. The Morgan fingerprint density at radius 2 is 2.56 bits per heavy atom. The van der Waals surface area contributed by atoms with E-state index in [0.717, 1.165) is 6.42 Å². The van der Waals surface area contributed by atoms with Gasteiger partial charge in [-0.3, -0.25) is 0 Å². The van der Waals surface area contributed by atoms with E-state index in [1.807, 2.05) is 0 Å². The van der Waals surface area contributed by atoms with E-state index in [4.69, 9.17) is 11.6 Å². The highest BCUT2D eigenvalue weighted by atomic mass is 35.5. The first-order valence-corrected chi connectivity index (χ1v) is 4.32. The molecule has 1 aliphatic heterocycles. The molecule has 1 aliphatic rings. The van der Waals surface area contributed by atoms with Gasteiger partial charge in [-0.05, 0) is 18.8 Å². The molecule has 0 radical (unpaired) electrons. The zero-order valence-corrected chi connectivity index (χ0v) is 6.93. The molecule has 2 heteroatoms. The summed E-state index contributed by atoms with van der Waals surface area (Å²) in [4.78, 5) is 1.32. The Balaban J connectivity index is 2.64. The summed E-state index contributed by atoms with van der Waals surface area (Å²) in [6.45, 7) is 2.13. The highest BCUT2D eigenvalue weighted by Gasteiger charge is 2.02. The molecule has 0 amide bonds. The first-order chi connectivity index (χ1) is 4.34. The van der Waals surface area contributed by atoms with Crippen LogP contribution in [0.15, 0.2) is 22.0 Å². The van der Waals surface area contributed by atoms with Crippen molar-refractivity contribution in [3.8, 4) is 0 Å². The van der Waals surface area contributed by atoms with Gasteiger partial charge >= 0.3 is 0 Å². The molecule has 0 unspecified atom stereocenters. The Bertz CT molecular complexity index is 158. The van der Waals surface area contributed by atoms with Gasteiger partial charge in [0.25, 0.3) is 0 Å². The van der Waals surface area contributed by atoms with Crippen LogP contribution < -0.4 is 0 Å². The van der Waals surface area contributed by atoms with Gasteiger partial charge in [-0.2, -0.15) is 0 Å². The molecule has 0 aromatic rings. The molecular weight excluding hydrogens is 152 g/mol. The van der Waals surface area contributed by atoms with Crippen LogP contribution in [-0.4, -0.2) is 5.88 Å². The van der Waals surface area contributed by atoms with E-state index in [1.165, 1.54) is 10.5 Å². The molecule has 0 bridgehead atoms. The smallest absolute Gasteiger partial charge is 0.0536 e. The molecule has 0 spiro atoms. The molecule has 1 rings (SSSR count). The zero-order valence-electron chi connectivity index (χ0n) is 5.36. The Morgan fingerprint density at radius 1 is 1.78 bits per heavy atom. The maximum atomic E-state index is 5.66. The third kappa shape index (κ3) is 1.77. The zero-order chi connectivity index (χ0) is 6.69. The molecule has 0 fully saturated rings. The van der Waals surface area contributed by atoms with Crippen LogP contribution in [0.2, 0.25) is 0 Å². The normalized spacial score (nSPS) is 18.9. The lowest BCUT2D eigenvalue weighted by Crippen LogP contribution is -1.87. The summed E-state index contributed by atoms with van der Waals surface area (Å²) in [6.07, 6.45) is 3.24. The Morgan fingerprint density at radius 3 is 3.00 bits per heavy atom. The van der Waals surface area contributed by atoms with Crippen LogP contribution in [0.5, 0.6) is 0 Å². The number of rotatable bonds is 1. The lowest BCUT2D eigenvalue weighted by atomic mass is 10.2. The topological polar surface area (TPSA) is 0 Å². The van der Waals surface area contributed by atoms with E-state index in [2.05, 4.69) is 18.4 Å². The Labute approximate surface area is 65.0 Å². The van der Waals surface area contributed by atoms with Crippen molar-refractivity contribution in [2.24, 2.45) is 0 Å². The minimum Gasteiger partial charge on any atom is -0.121 e. The van der Waals surface area contributed by atoms with Crippen LogP contribution in [0.4, 0.5) is 0 Å². The fourth-order valence-electron chi connectivity index (χ4n) is 0.715. The lowest BCUT2D eigenvalue weighted by Gasteiger charge is -2.08. The lowest BCUT2D eigenvalue weighted by molar-refractivity contribution is 1.19. The highest BCUT2D eigenvalue weighted by molar-refractivity contribution is 8.06. The van der Waals surface area contributed by atoms with Crippen LogP contribution in [0.1, 0.15) is 13.3 Å². The Kier molecular flexibility index (Phi) is 2.67. The minimum absolute atomic E-state index is 0.668. The van der Waals surface area contributed by atoms with E-state index in [0.29, 0.717) is 5.88 Å². The van der Waals surface area contributed by atoms with Crippen molar-refractivity contribution in [3.05, 3.63) is 22.0 Å². The monoisotopic (exact) mass is 160 g/mol. The van der Waals surface area contributed by atoms with Crippen LogP contribution in [0.25, 0.3) is 0 Å². The summed E-state index contributed by atoms with van der Waals surface area (Å²) in [6, 6.07) is 0. The Hall–Kier alpha value is 0.120. The molecule has 50 valence electrons. The average molecular weight is 161 g/mol. The van der Waals surface area contributed by atoms with Gasteiger partial charge < -0.3 is 0 Å². The molecule has 0 N–H and O–H groups in total. The predicted molar refractivity (Wildman–Crippen MR) is 44.8 cm³/mol. The molecule has 0 atom stereocenters. The summed E-state index contributed by atoms with van der Waals surface area (Å²) in [5.74, 6) is 0.668. The van der Waals surface area contributed by atoms with E-state index in [1.54, 1.807) is 11.8 Å². The average Bonchev–Trinajstić information content (AvgIpc) is 1.89. The maximum Gasteiger partial charge on any atom is 0.0536 e. The number of allylic oxidation sites excluding steroid dienone is 3. The molecule has 0 nitrogen and oxygen atoms in total. The molecule has 9 heavy (non-hydrogen) atoms. The van der Waals surface area contributed by atoms with Crippen molar-refractivity contribution in [1.82, 2.24) is 0 Å². The minimum atomic E-state index is 0.668. The van der Waals surface area contributed by atoms with Gasteiger partial charge in [0.1, 0.15) is 0 Å². The number of halogens is 1. The maximum absolute atomic E-state index is 5.66. The van der Waals surface area contributed by atoms with Crippen molar-refractivity contribution in [2.75, 3.05) is 5.88 Å². The quantitative estimate of drug-likeness (QED) is 0.531. The summed E-state index contributed by atoms with van der Waals surface area (Å²) in [7, 11) is 0. The molecular formula is C7H9ClS. The van der Waals surface area contributed by atoms with E-state index in [9.17, 15) is 0 Å². The second kappa shape index (κ2) is 3.33. The summed E-state index contributed by atoms with van der Waals surface area (Å²) < 4.78 is 0. The van der Waals surface area contributed by atoms with Gasteiger partial charge in [-0.1, -0.05) is 11.6 Å². The third-order valence-corrected chi connectivity index (χ3v) is 2.86. The number of thioether (sulfide) groups is 1. The summed E-state index contributed by atoms with van der Waals surface area (Å²) >= 11 is 7.40. The largest absolute Gasteiger partial charge is 0.121 e. The molecule has 1 heterocycles. The van der Waals surface area contributed by atoms with Crippen LogP contribution in [0.3, 0.4) is 0 Å². The first kappa shape index (κ1) is 7.23. The van der Waals surface area contributed by atoms with Gasteiger partial charge in [0.2, 0.25) is 0 Å². The van der Waals surface area contributed by atoms with E-state index in [-0.39, 0.29) is 0 Å². The number of alkyl halides is 1. The van der Waals surface area contributed by atoms with Crippen LogP contribution in [-0.2, 0) is 0 Å². The van der Waals surface area contributed by atoms with Crippen molar-refractivity contribution in [2.45, 2.75) is 13.3 Å². The van der Waals surface area contributed by atoms with Crippen molar-refractivity contribution < 1.29 is 0 Å². The molecule has 0 aliphatic carbocycles. The van der Waals surface area contributed by atoms with Crippen molar-refractivity contribution in [3.63, 3.8) is 0 Å². The molecule has 0 aromatic carbocycles. The van der Waals surface area contributed by atoms with Crippen LogP contribution >= 0.6 is 23.4 Å². The second-order valence-electron chi connectivity index (χ2n) is 2.03. The third-order valence-electron chi connectivity index (χ3n) is 1.33.